The number of hydrogen-bond donors (Lipinski definition) is 5. The molecule has 7 N–H and O–H groups in total. The van der Waals surface area contributed by atoms with Gasteiger partial charge in [0.2, 0.25) is 0 Å². The van der Waals surface area contributed by atoms with Crippen LogP contribution in [0.5, 0.6) is 0 Å². The normalized spacial score (nSPS) is 13.2. The number of rotatable bonds is 8. The highest BCUT2D eigenvalue weighted by molar-refractivity contribution is 4.59. The van der Waals surface area contributed by atoms with Gasteiger partial charge in [0.25, 0.3) is 0 Å². The van der Waals surface area contributed by atoms with Gasteiger partial charge in [-0.1, -0.05) is 0 Å². The molecule has 0 aliphatic carbocycles. The fraction of sp³-hybridized carbons (Fsp3) is 1.00. The molecule has 0 aromatic heterocycles. The van der Waals surface area contributed by atoms with Crippen LogP contribution in [0.25, 0.3) is 0 Å². The average molecular weight is 176 g/mol. The molecule has 0 saturated heterocycles. The molecule has 5 heteroatoms. The van der Waals surface area contributed by atoms with Gasteiger partial charge in [0.15, 0.2) is 0 Å². The van der Waals surface area contributed by atoms with Gasteiger partial charge in [-0.05, 0) is 6.42 Å². The highest BCUT2D eigenvalue weighted by Crippen LogP contribution is 1.78. The van der Waals surface area contributed by atoms with E-state index >= 15 is 0 Å². The molecular weight excluding hydrogens is 156 g/mol. The van der Waals surface area contributed by atoms with Gasteiger partial charge >= 0.3 is 0 Å². The van der Waals surface area contributed by atoms with E-state index in [9.17, 15) is 0 Å². The molecule has 12 heavy (non-hydrogen) atoms. The van der Waals surface area contributed by atoms with Crippen LogP contribution in [-0.2, 0) is 0 Å². The fourth-order valence-corrected chi connectivity index (χ4v) is 0.814. The minimum Gasteiger partial charge on any atom is -0.396 e. The van der Waals surface area contributed by atoms with E-state index in [1.165, 1.54) is 0 Å². The van der Waals surface area contributed by atoms with Crippen molar-refractivity contribution in [2.24, 2.45) is 11.5 Å². The Balaban J connectivity index is 2.97. The summed E-state index contributed by atoms with van der Waals surface area (Å²) in [6.45, 7) is 3.28. The van der Waals surface area contributed by atoms with Crippen molar-refractivity contribution in [1.29, 1.82) is 0 Å². The van der Waals surface area contributed by atoms with E-state index in [1.807, 2.05) is 0 Å². The van der Waals surface area contributed by atoms with E-state index < -0.39 is 0 Å². The molecule has 0 spiro atoms. The van der Waals surface area contributed by atoms with Gasteiger partial charge in [0, 0.05) is 32.8 Å². The second-order valence-corrected chi connectivity index (χ2v) is 2.61. The monoisotopic (exact) mass is 176 g/mol. The van der Waals surface area contributed by atoms with Gasteiger partial charge in [0.1, 0.15) is 0 Å². The van der Waals surface area contributed by atoms with Crippen molar-refractivity contribution >= 4 is 0 Å². The maximum absolute atomic E-state index is 8.53. The molecule has 0 aliphatic heterocycles. The first-order chi connectivity index (χ1) is 5.81. The third-order valence-electron chi connectivity index (χ3n) is 1.47. The molecule has 0 aliphatic rings. The van der Waals surface area contributed by atoms with Gasteiger partial charge in [-0.15, -0.1) is 0 Å². The number of nitrogens with two attached hydrogens (primary N) is 2. The molecule has 0 aromatic carbocycles. The van der Waals surface area contributed by atoms with Crippen LogP contribution in [0, 0.1) is 0 Å². The van der Waals surface area contributed by atoms with Crippen LogP contribution in [0.15, 0.2) is 0 Å². The van der Waals surface area contributed by atoms with Gasteiger partial charge in [-0.25, -0.2) is 0 Å². The molecule has 0 radical (unpaired) electrons. The Hall–Kier alpha value is -0.200. The zero-order valence-corrected chi connectivity index (χ0v) is 7.42. The summed E-state index contributed by atoms with van der Waals surface area (Å²) in [7, 11) is 0. The highest BCUT2D eigenvalue weighted by Gasteiger charge is 1.97. The summed E-state index contributed by atoms with van der Waals surface area (Å²) in [4.78, 5) is 0. The predicted molar refractivity (Wildman–Crippen MR) is 49.6 cm³/mol. The molecule has 0 bridgehead atoms. The maximum Gasteiger partial charge on any atom is 0.0568 e. The van der Waals surface area contributed by atoms with Gasteiger partial charge < -0.3 is 27.2 Å². The zero-order chi connectivity index (χ0) is 9.23. The lowest BCUT2D eigenvalue weighted by molar-refractivity contribution is 0.266. The topological polar surface area (TPSA) is 96.3 Å². The lowest BCUT2D eigenvalue weighted by atomic mass is 10.3. The molecular formula is C7H20N4O. The minimum atomic E-state index is -0.102. The molecule has 0 heterocycles. The summed E-state index contributed by atoms with van der Waals surface area (Å²) in [5.41, 5.74) is 10.9. The van der Waals surface area contributed by atoms with Gasteiger partial charge in [-0.3, -0.25) is 0 Å². The van der Waals surface area contributed by atoms with E-state index in [4.69, 9.17) is 16.6 Å². The average Bonchev–Trinajstić information content (AvgIpc) is 2.05. The predicted octanol–water partition coefficient (Wildman–Crippen LogP) is -2.21. The molecule has 1 atom stereocenters. The Bertz CT molecular complexity index is 91.5. The standard InChI is InChI=1S/C7H20N4O/c8-2-3-10-4-5-11-7(9)1-6-12/h7,10-12H,1-6,8-9H2. The van der Waals surface area contributed by atoms with Crippen LogP contribution in [0.4, 0.5) is 0 Å². The maximum atomic E-state index is 8.53. The molecule has 0 saturated carbocycles. The molecule has 5 nitrogen and oxygen atoms in total. The summed E-state index contributed by atoms with van der Waals surface area (Å²) >= 11 is 0. The van der Waals surface area contributed by atoms with Crippen LogP contribution in [0.2, 0.25) is 0 Å². The van der Waals surface area contributed by atoms with Crippen LogP contribution in [-0.4, -0.2) is 44.1 Å². The summed E-state index contributed by atoms with van der Waals surface area (Å²) in [6, 6.07) is 0. The first-order valence-corrected chi connectivity index (χ1v) is 4.32. The minimum absolute atomic E-state index is 0.102. The van der Waals surface area contributed by atoms with Crippen molar-refractivity contribution in [3.05, 3.63) is 0 Å². The van der Waals surface area contributed by atoms with Crippen molar-refractivity contribution < 1.29 is 5.11 Å². The van der Waals surface area contributed by atoms with Gasteiger partial charge in [-0.2, -0.15) is 0 Å². The van der Waals surface area contributed by atoms with E-state index in [1.54, 1.807) is 0 Å². The highest BCUT2D eigenvalue weighted by atomic mass is 16.3. The Morgan fingerprint density at radius 2 is 2.00 bits per heavy atom. The SMILES string of the molecule is NCCNCCNC(N)CCO. The Kier molecular flexibility index (Phi) is 8.74. The molecule has 1 unspecified atom stereocenters. The van der Waals surface area contributed by atoms with Crippen molar-refractivity contribution in [2.45, 2.75) is 12.6 Å². The number of nitrogens with one attached hydrogen (secondary N) is 2. The molecule has 0 aromatic rings. The summed E-state index contributed by atoms with van der Waals surface area (Å²) in [5.74, 6) is 0. The fourth-order valence-electron chi connectivity index (χ4n) is 0.814. The van der Waals surface area contributed by atoms with Crippen molar-refractivity contribution in [3.8, 4) is 0 Å². The lowest BCUT2D eigenvalue weighted by Crippen LogP contribution is -2.42. The zero-order valence-electron chi connectivity index (χ0n) is 7.42. The lowest BCUT2D eigenvalue weighted by Gasteiger charge is -2.12. The second-order valence-electron chi connectivity index (χ2n) is 2.61. The molecule has 0 rings (SSSR count). The van der Waals surface area contributed by atoms with Crippen molar-refractivity contribution in [3.63, 3.8) is 0 Å². The van der Waals surface area contributed by atoms with Crippen LogP contribution < -0.4 is 22.1 Å². The summed E-state index contributed by atoms with van der Waals surface area (Å²) in [5, 5.41) is 14.7. The smallest absolute Gasteiger partial charge is 0.0568 e. The summed E-state index contributed by atoms with van der Waals surface area (Å²) in [6.07, 6.45) is 0.492. The first kappa shape index (κ1) is 11.8. The molecule has 0 fully saturated rings. The number of aliphatic hydroxyl groups excluding tert-OH is 1. The quantitative estimate of drug-likeness (QED) is 0.213. The largest absolute Gasteiger partial charge is 0.396 e. The third-order valence-corrected chi connectivity index (χ3v) is 1.47. The van der Waals surface area contributed by atoms with E-state index in [0.717, 1.165) is 19.6 Å². The second kappa shape index (κ2) is 8.89. The number of aliphatic hydroxyl groups is 1. The summed E-state index contributed by atoms with van der Waals surface area (Å²) < 4.78 is 0. The Morgan fingerprint density at radius 3 is 2.58 bits per heavy atom. The van der Waals surface area contributed by atoms with Crippen LogP contribution >= 0.6 is 0 Å². The van der Waals surface area contributed by atoms with E-state index in [-0.39, 0.29) is 12.8 Å². The molecule has 74 valence electrons. The Labute approximate surface area is 73.5 Å². The van der Waals surface area contributed by atoms with E-state index in [0.29, 0.717) is 13.0 Å². The molecule has 0 amide bonds. The Morgan fingerprint density at radius 1 is 1.25 bits per heavy atom. The van der Waals surface area contributed by atoms with E-state index in [2.05, 4.69) is 10.6 Å². The van der Waals surface area contributed by atoms with Gasteiger partial charge in [0.05, 0.1) is 6.17 Å². The van der Waals surface area contributed by atoms with Crippen molar-refractivity contribution in [1.82, 2.24) is 10.6 Å². The van der Waals surface area contributed by atoms with Crippen LogP contribution in [0.3, 0.4) is 0 Å². The number of hydrogen-bond acceptors (Lipinski definition) is 5. The van der Waals surface area contributed by atoms with Crippen LogP contribution in [0.1, 0.15) is 6.42 Å². The third kappa shape index (κ3) is 7.90. The first-order valence-electron chi connectivity index (χ1n) is 4.32. The van der Waals surface area contributed by atoms with Crippen molar-refractivity contribution in [2.75, 3.05) is 32.8 Å².